The van der Waals surface area contributed by atoms with Gasteiger partial charge in [-0.1, -0.05) is 31.6 Å². The van der Waals surface area contributed by atoms with Crippen molar-refractivity contribution in [3.05, 3.63) is 20.2 Å². The Morgan fingerprint density at radius 3 is 2.75 bits per heavy atom. The van der Waals surface area contributed by atoms with Crippen LogP contribution in [0.4, 0.5) is 0 Å². The number of hydrogen-bond acceptors (Lipinski definition) is 4. The Labute approximate surface area is 98.6 Å². The maximum absolute atomic E-state index is 11.6. The number of thiazole rings is 1. The lowest BCUT2D eigenvalue weighted by molar-refractivity contribution is 0.0489. The number of rotatable bonds is 5. The van der Waals surface area contributed by atoms with Gasteiger partial charge in [-0.15, -0.1) is 0 Å². The lowest BCUT2D eigenvalue weighted by atomic mass is 10.1. The summed E-state index contributed by atoms with van der Waals surface area (Å²) in [4.78, 5) is 25.3. The molecule has 1 unspecified atom stereocenters. The van der Waals surface area contributed by atoms with Gasteiger partial charge in [-0.3, -0.25) is 4.79 Å². The van der Waals surface area contributed by atoms with Crippen molar-refractivity contribution >= 4 is 17.3 Å². The normalized spacial score (nSPS) is 12.4. The number of aromatic nitrogens is 1. The third-order valence-corrected chi connectivity index (χ3v) is 3.52. The number of nitrogens with one attached hydrogen (secondary N) is 1. The van der Waals surface area contributed by atoms with Crippen LogP contribution in [0.1, 0.15) is 42.1 Å². The maximum atomic E-state index is 11.6. The monoisotopic (exact) mass is 243 g/mol. The average Bonchev–Trinajstić information content (AvgIpc) is 2.57. The lowest BCUT2D eigenvalue weighted by Gasteiger charge is -2.08. The Bertz CT molecular complexity index is 408. The van der Waals surface area contributed by atoms with Gasteiger partial charge in [0.25, 0.3) is 0 Å². The van der Waals surface area contributed by atoms with E-state index in [9.17, 15) is 9.59 Å². The van der Waals surface area contributed by atoms with Crippen molar-refractivity contribution in [2.45, 2.75) is 33.6 Å². The Morgan fingerprint density at radius 2 is 2.25 bits per heavy atom. The van der Waals surface area contributed by atoms with Gasteiger partial charge in [-0.2, -0.15) is 0 Å². The highest BCUT2D eigenvalue weighted by Crippen LogP contribution is 2.11. The Kier molecular flexibility index (Phi) is 4.73. The van der Waals surface area contributed by atoms with Crippen LogP contribution in [0.15, 0.2) is 4.79 Å². The molecule has 0 bridgehead atoms. The van der Waals surface area contributed by atoms with Gasteiger partial charge in [0.05, 0.1) is 6.61 Å². The first kappa shape index (κ1) is 13.0. The summed E-state index contributed by atoms with van der Waals surface area (Å²) in [5, 5.41) is 0. The zero-order valence-electron chi connectivity index (χ0n) is 9.83. The molecule has 1 aromatic heterocycles. The van der Waals surface area contributed by atoms with Crippen LogP contribution in [0.25, 0.3) is 0 Å². The third-order valence-electron chi connectivity index (χ3n) is 2.55. The van der Waals surface area contributed by atoms with Gasteiger partial charge in [0, 0.05) is 5.69 Å². The van der Waals surface area contributed by atoms with Crippen LogP contribution >= 0.6 is 11.3 Å². The molecule has 4 nitrogen and oxygen atoms in total. The number of hydrogen-bond donors (Lipinski definition) is 1. The fourth-order valence-corrected chi connectivity index (χ4v) is 1.96. The smallest absolute Gasteiger partial charge is 0.350 e. The van der Waals surface area contributed by atoms with E-state index < -0.39 is 5.97 Å². The summed E-state index contributed by atoms with van der Waals surface area (Å²) >= 11 is 0.901. The first-order valence-electron chi connectivity index (χ1n) is 5.41. The summed E-state index contributed by atoms with van der Waals surface area (Å²) < 4.78 is 5.11. The highest BCUT2D eigenvalue weighted by Gasteiger charge is 2.14. The minimum Gasteiger partial charge on any atom is -0.461 e. The lowest BCUT2D eigenvalue weighted by Crippen LogP contribution is -2.08. The summed E-state index contributed by atoms with van der Waals surface area (Å²) in [5.41, 5.74) is 0.587. The highest BCUT2D eigenvalue weighted by atomic mass is 32.1. The van der Waals surface area contributed by atoms with Gasteiger partial charge < -0.3 is 9.72 Å². The van der Waals surface area contributed by atoms with Crippen molar-refractivity contribution in [1.29, 1.82) is 0 Å². The van der Waals surface area contributed by atoms with Crippen molar-refractivity contribution in [3.63, 3.8) is 0 Å². The molecule has 1 N–H and O–H groups in total. The van der Waals surface area contributed by atoms with Crippen molar-refractivity contribution in [2.75, 3.05) is 6.61 Å². The van der Waals surface area contributed by atoms with Crippen LogP contribution in [-0.4, -0.2) is 17.6 Å². The molecule has 1 atom stereocenters. The zero-order chi connectivity index (χ0) is 12.1. The van der Waals surface area contributed by atoms with Crippen molar-refractivity contribution < 1.29 is 9.53 Å². The van der Waals surface area contributed by atoms with E-state index in [0.29, 0.717) is 23.1 Å². The minimum atomic E-state index is -0.399. The van der Waals surface area contributed by atoms with Crippen molar-refractivity contribution in [1.82, 2.24) is 4.98 Å². The molecule has 0 aromatic carbocycles. The third kappa shape index (κ3) is 3.48. The predicted octanol–water partition coefficient (Wildman–Crippen LogP) is 2.34. The van der Waals surface area contributed by atoms with E-state index in [0.717, 1.165) is 24.2 Å². The van der Waals surface area contributed by atoms with Gasteiger partial charge in [-0.05, 0) is 19.3 Å². The quantitative estimate of drug-likeness (QED) is 0.807. The molecule has 0 amide bonds. The highest BCUT2D eigenvalue weighted by molar-refractivity contribution is 7.11. The fourth-order valence-electron chi connectivity index (χ4n) is 1.22. The second-order valence-electron chi connectivity index (χ2n) is 3.91. The van der Waals surface area contributed by atoms with Gasteiger partial charge in [0.1, 0.15) is 4.88 Å². The molecule has 90 valence electrons. The van der Waals surface area contributed by atoms with Crippen LogP contribution in [0.2, 0.25) is 0 Å². The molecule has 5 heteroatoms. The second-order valence-corrected chi connectivity index (χ2v) is 4.89. The van der Waals surface area contributed by atoms with Gasteiger partial charge >= 0.3 is 10.8 Å². The molecule has 1 heterocycles. The fraction of sp³-hybridized carbons (Fsp3) is 0.636. The van der Waals surface area contributed by atoms with E-state index in [1.165, 1.54) is 0 Å². The number of aryl methyl sites for hydroxylation is 1. The van der Waals surface area contributed by atoms with E-state index in [1.807, 2.05) is 0 Å². The van der Waals surface area contributed by atoms with Gasteiger partial charge in [-0.25, -0.2) is 4.79 Å². The number of carbonyl (C=O) groups excluding carboxylic acids is 1. The van der Waals surface area contributed by atoms with Crippen LogP contribution in [-0.2, 0) is 4.74 Å². The maximum Gasteiger partial charge on any atom is 0.350 e. The van der Waals surface area contributed by atoms with Gasteiger partial charge in [0.2, 0.25) is 0 Å². The number of carbonyl (C=O) groups is 1. The molecule has 0 saturated carbocycles. The molecule has 0 saturated heterocycles. The van der Waals surface area contributed by atoms with Gasteiger partial charge in [0.15, 0.2) is 0 Å². The first-order valence-corrected chi connectivity index (χ1v) is 6.23. The number of aromatic amines is 1. The number of esters is 1. The van der Waals surface area contributed by atoms with Crippen molar-refractivity contribution in [2.24, 2.45) is 5.92 Å². The predicted molar refractivity (Wildman–Crippen MR) is 64.0 cm³/mol. The molecule has 1 rings (SSSR count). The molecule has 0 radical (unpaired) electrons. The number of H-pyrrole nitrogens is 1. The topological polar surface area (TPSA) is 59.2 Å². The Balaban J connectivity index is 2.47. The standard InChI is InChI=1S/C11H17NO3S/c1-4-7(2)5-6-15-10(13)9-8(3)12-11(14)16-9/h7H,4-6H2,1-3H3,(H,12,14). The molecular weight excluding hydrogens is 226 g/mol. The zero-order valence-corrected chi connectivity index (χ0v) is 10.6. The van der Waals surface area contributed by atoms with E-state index >= 15 is 0 Å². The summed E-state index contributed by atoms with van der Waals surface area (Å²) in [7, 11) is 0. The Morgan fingerprint density at radius 1 is 1.56 bits per heavy atom. The van der Waals surface area contributed by atoms with Crippen LogP contribution in [0.5, 0.6) is 0 Å². The molecule has 16 heavy (non-hydrogen) atoms. The van der Waals surface area contributed by atoms with Crippen molar-refractivity contribution in [3.8, 4) is 0 Å². The van der Waals surface area contributed by atoms with Crippen LogP contribution in [0, 0.1) is 12.8 Å². The summed E-state index contributed by atoms with van der Waals surface area (Å²) in [6.07, 6.45) is 1.94. The summed E-state index contributed by atoms with van der Waals surface area (Å²) in [5.74, 6) is 0.156. The van der Waals surface area contributed by atoms with E-state index in [1.54, 1.807) is 6.92 Å². The van der Waals surface area contributed by atoms with Crippen LogP contribution in [0.3, 0.4) is 0 Å². The first-order chi connectivity index (χ1) is 7.54. The summed E-state index contributed by atoms with van der Waals surface area (Å²) in [6.45, 7) is 6.34. The molecule has 0 aliphatic rings. The largest absolute Gasteiger partial charge is 0.461 e. The molecular formula is C11H17NO3S. The van der Waals surface area contributed by atoms with E-state index in [4.69, 9.17) is 4.74 Å². The van der Waals surface area contributed by atoms with E-state index in [2.05, 4.69) is 18.8 Å². The van der Waals surface area contributed by atoms with Crippen LogP contribution < -0.4 is 4.87 Å². The molecule has 1 aromatic rings. The Hall–Kier alpha value is -1.10. The molecule has 0 spiro atoms. The number of ether oxygens (including phenoxy) is 1. The van der Waals surface area contributed by atoms with E-state index in [-0.39, 0.29) is 4.87 Å². The molecule has 0 fully saturated rings. The average molecular weight is 243 g/mol. The minimum absolute atomic E-state index is 0.216. The SMILES string of the molecule is CCC(C)CCOC(=O)c1sc(=O)[nH]c1C. The second kappa shape index (κ2) is 5.84. The molecule has 0 aliphatic carbocycles. The summed E-state index contributed by atoms with van der Waals surface area (Å²) in [6, 6.07) is 0. The molecule has 0 aliphatic heterocycles.